The van der Waals surface area contributed by atoms with Crippen LogP contribution in [0.25, 0.3) is 10.3 Å². The molecule has 18 heavy (non-hydrogen) atoms. The molecule has 0 amide bonds. The van der Waals surface area contributed by atoms with E-state index in [0.29, 0.717) is 5.82 Å². The summed E-state index contributed by atoms with van der Waals surface area (Å²) in [5.74, 6) is 0.681. The largest absolute Gasteiger partial charge is 0.315 e. The summed E-state index contributed by atoms with van der Waals surface area (Å²) in [6.45, 7) is 0. The minimum atomic E-state index is 0.681. The van der Waals surface area contributed by atoms with Gasteiger partial charge in [-0.15, -0.1) is 12.6 Å². The predicted molar refractivity (Wildman–Crippen MR) is 79.9 cm³/mol. The molecular weight excluding hydrogens is 332 g/mol. The van der Waals surface area contributed by atoms with Gasteiger partial charge in [-0.2, -0.15) is 0 Å². The van der Waals surface area contributed by atoms with Gasteiger partial charge in [0.1, 0.15) is 16.2 Å². The number of nitrogens with one attached hydrogen (secondary N) is 1. The van der Waals surface area contributed by atoms with Crippen molar-refractivity contribution in [3.05, 3.63) is 35.1 Å². The highest BCUT2D eigenvalue weighted by atomic mass is 79.9. The first-order valence-corrected chi connectivity index (χ1v) is 7.11. The number of aromatic nitrogens is 3. The van der Waals surface area contributed by atoms with E-state index in [9.17, 15) is 0 Å². The Kier molecular flexibility index (Phi) is 3.19. The van der Waals surface area contributed by atoms with E-state index in [0.717, 1.165) is 24.8 Å². The van der Waals surface area contributed by atoms with Crippen molar-refractivity contribution in [1.82, 2.24) is 15.0 Å². The van der Waals surface area contributed by atoms with Crippen LogP contribution < -0.4 is 5.32 Å². The van der Waals surface area contributed by atoms with E-state index < -0.39 is 0 Å². The molecule has 0 aliphatic rings. The van der Waals surface area contributed by atoms with Crippen LogP contribution in [0.4, 0.5) is 10.9 Å². The summed E-state index contributed by atoms with van der Waals surface area (Å²) in [7, 11) is 0. The Labute approximate surface area is 121 Å². The van der Waals surface area contributed by atoms with Crippen LogP contribution in [0.5, 0.6) is 0 Å². The van der Waals surface area contributed by atoms with Gasteiger partial charge < -0.3 is 5.32 Å². The summed E-state index contributed by atoms with van der Waals surface area (Å²) >= 11 is 9.20. The fourth-order valence-electron chi connectivity index (χ4n) is 1.45. The lowest BCUT2D eigenvalue weighted by molar-refractivity contribution is 1.21. The third-order valence-electron chi connectivity index (χ3n) is 2.23. The van der Waals surface area contributed by atoms with Crippen LogP contribution in [-0.2, 0) is 0 Å². The highest BCUT2D eigenvalue weighted by Gasteiger charge is 2.07. The van der Waals surface area contributed by atoms with Gasteiger partial charge in [-0.3, -0.25) is 0 Å². The molecule has 0 spiro atoms. The molecule has 0 atom stereocenters. The third kappa shape index (κ3) is 2.33. The number of anilines is 2. The molecule has 0 aromatic carbocycles. The van der Waals surface area contributed by atoms with Gasteiger partial charge in [-0.1, -0.05) is 11.3 Å². The minimum absolute atomic E-state index is 0.681. The number of hydrogen-bond donors (Lipinski definition) is 2. The highest BCUT2D eigenvalue weighted by Crippen LogP contribution is 2.29. The molecule has 0 bridgehead atoms. The lowest BCUT2D eigenvalue weighted by Crippen LogP contribution is -1.93. The molecule has 1 N–H and O–H groups in total. The summed E-state index contributed by atoms with van der Waals surface area (Å²) in [5, 5.41) is 3.91. The summed E-state index contributed by atoms with van der Waals surface area (Å²) in [6, 6.07) is 5.68. The Morgan fingerprint density at radius 1 is 1.33 bits per heavy atom. The first-order chi connectivity index (χ1) is 8.72. The van der Waals surface area contributed by atoms with Gasteiger partial charge in [-0.05, 0) is 34.1 Å². The van der Waals surface area contributed by atoms with Gasteiger partial charge in [-0.25, -0.2) is 15.0 Å². The van der Waals surface area contributed by atoms with Crippen molar-refractivity contribution in [3.63, 3.8) is 0 Å². The normalized spacial score (nSPS) is 10.8. The van der Waals surface area contributed by atoms with Crippen LogP contribution in [0.3, 0.4) is 0 Å². The van der Waals surface area contributed by atoms with Crippen LogP contribution >= 0.6 is 39.9 Å². The Morgan fingerprint density at radius 3 is 3.00 bits per heavy atom. The Hall–Kier alpha value is -1.18. The second-order valence-electron chi connectivity index (χ2n) is 3.49. The molecule has 0 saturated heterocycles. The zero-order chi connectivity index (χ0) is 12.5. The summed E-state index contributed by atoms with van der Waals surface area (Å²) in [4.78, 5) is 14.6. The number of thiol groups is 1. The fraction of sp³-hybridized carbons (Fsp3) is 0. The second kappa shape index (κ2) is 4.83. The van der Waals surface area contributed by atoms with E-state index in [1.807, 2.05) is 18.2 Å². The van der Waals surface area contributed by atoms with E-state index in [1.54, 1.807) is 12.4 Å². The van der Waals surface area contributed by atoms with Crippen molar-refractivity contribution in [2.45, 2.75) is 4.90 Å². The van der Waals surface area contributed by atoms with Crippen LogP contribution in [0, 0.1) is 0 Å². The number of hydrogen-bond acceptors (Lipinski definition) is 6. The molecule has 0 fully saturated rings. The van der Waals surface area contributed by atoms with E-state index >= 15 is 0 Å². The van der Waals surface area contributed by atoms with Crippen molar-refractivity contribution < 1.29 is 0 Å². The molecule has 0 radical (unpaired) electrons. The standard InChI is InChI=1S/C11H7BrN4S2/c12-6-4-8(17)9(14-5-6)16-11-15-7-2-1-3-13-10(7)18-11/h1-5,17H,(H,14,15,16). The maximum Gasteiger partial charge on any atom is 0.190 e. The first-order valence-electron chi connectivity index (χ1n) is 5.05. The lowest BCUT2D eigenvalue weighted by atomic mass is 10.4. The molecule has 3 aromatic heterocycles. The molecule has 0 saturated carbocycles. The highest BCUT2D eigenvalue weighted by molar-refractivity contribution is 9.10. The molecule has 90 valence electrons. The Morgan fingerprint density at radius 2 is 2.22 bits per heavy atom. The summed E-state index contributed by atoms with van der Waals surface area (Å²) in [5.41, 5.74) is 0.878. The molecule has 4 nitrogen and oxygen atoms in total. The fourth-order valence-corrected chi connectivity index (χ4v) is 3.02. The molecule has 3 heterocycles. The quantitative estimate of drug-likeness (QED) is 0.696. The Balaban J connectivity index is 1.96. The molecule has 0 unspecified atom stereocenters. The summed E-state index contributed by atoms with van der Waals surface area (Å²) in [6.07, 6.45) is 3.47. The van der Waals surface area contributed by atoms with Crippen molar-refractivity contribution in [2.24, 2.45) is 0 Å². The molecule has 3 rings (SSSR count). The number of pyridine rings is 2. The summed E-state index contributed by atoms with van der Waals surface area (Å²) < 4.78 is 0.893. The number of halogens is 1. The maximum atomic E-state index is 4.43. The zero-order valence-electron chi connectivity index (χ0n) is 8.96. The first kappa shape index (κ1) is 11.9. The van der Waals surface area contributed by atoms with Gasteiger partial charge in [0.25, 0.3) is 0 Å². The number of rotatable bonds is 2. The molecular formula is C11H7BrN4S2. The van der Waals surface area contributed by atoms with Crippen LogP contribution in [-0.4, -0.2) is 15.0 Å². The van der Waals surface area contributed by atoms with Crippen molar-refractivity contribution in [2.75, 3.05) is 5.32 Å². The number of fused-ring (bicyclic) bond motifs is 1. The average Bonchev–Trinajstić information content (AvgIpc) is 2.75. The number of nitrogens with zero attached hydrogens (tertiary/aromatic N) is 3. The van der Waals surface area contributed by atoms with Gasteiger partial charge in [0, 0.05) is 21.8 Å². The smallest absolute Gasteiger partial charge is 0.190 e. The topological polar surface area (TPSA) is 50.7 Å². The SMILES string of the molecule is Sc1cc(Br)cnc1Nc1nc2cccnc2s1. The van der Waals surface area contributed by atoms with Gasteiger partial charge in [0.15, 0.2) is 5.13 Å². The van der Waals surface area contributed by atoms with Gasteiger partial charge >= 0.3 is 0 Å². The Bertz CT molecular complexity index is 680. The van der Waals surface area contributed by atoms with Crippen molar-refractivity contribution in [3.8, 4) is 0 Å². The van der Waals surface area contributed by atoms with Crippen LogP contribution in [0.15, 0.2) is 40.0 Å². The second-order valence-corrected chi connectivity index (χ2v) is 5.87. The van der Waals surface area contributed by atoms with Crippen LogP contribution in [0.1, 0.15) is 0 Å². The maximum absolute atomic E-state index is 4.43. The molecule has 3 aromatic rings. The lowest BCUT2D eigenvalue weighted by Gasteiger charge is -2.04. The van der Waals surface area contributed by atoms with E-state index in [4.69, 9.17) is 0 Å². The average molecular weight is 339 g/mol. The third-order valence-corrected chi connectivity index (χ3v) is 3.90. The van der Waals surface area contributed by atoms with E-state index in [2.05, 4.69) is 48.8 Å². The molecule has 7 heteroatoms. The molecule has 0 aliphatic heterocycles. The van der Waals surface area contributed by atoms with Gasteiger partial charge in [0.2, 0.25) is 0 Å². The molecule has 0 aliphatic carbocycles. The zero-order valence-corrected chi connectivity index (χ0v) is 12.3. The van der Waals surface area contributed by atoms with Crippen molar-refractivity contribution >= 4 is 61.2 Å². The number of thiazole rings is 1. The van der Waals surface area contributed by atoms with E-state index in [1.165, 1.54) is 11.3 Å². The van der Waals surface area contributed by atoms with Gasteiger partial charge in [0.05, 0.1) is 0 Å². The predicted octanol–water partition coefficient (Wildman–Crippen LogP) is 3.88. The van der Waals surface area contributed by atoms with Crippen LogP contribution in [0.2, 0.25) is 0 Å². The minimum Gasteiger partial charge on any atom is -0.315 e. The van der Waals surface area contributed by atoms with Crippen molar-refractivity contribution in [1.29, 1.82) is 0 Å². The van der Waals surface area contributed by atoms with E-state index in [-0.39, 0.29) is 0 Å². The monoisotopic (exact) mass is 338 g/mol.